The van der Waals surface area contributed by atoms with Gasteiger partial charge in [-0.15, -0.1) is 0 Å². The zero-order valence-electron chi connectivity index (χ0n) is 14.2. The molecule has 0 amide bonds. The van der Waals surface area contributed by atoms with Crippen LogP contribution in [0.15, 0.2) is 36.4 Å². The molecule has 0 bridgehead atoms. The molecule has 0 aromatic heterocycles. The maximum atomic E-state index is 5.95. The number of fused-ring (bicyclic) bond motifs is 1. The summed E-state index contributed by atoms with van der Waals surface area (Å²) in [5.41, 5.74) is 6.69. The monoisotopic (exact) mass is 295 g/mol. The van der Waals surface area contributed by atoms with E-state index in [1.54, 1.807) is 0 Å². The zero-order chi connectivity index (χ0) is 15.9. The largest absolute Gasteiger partial charge is 0.473 e. The number of rotatable bonds is 1. The molecule has 0 fully saturated rings. The van der Waals surface area contributed by atoms with Crippen LogP contribution in [0.1, 0.15) is 43.0 Å². The minimum absolute atomic E-state index is 0.164. The molecule has 0 saturated heterocycles. The summed E-state index contributed by atoms with van der Waals surface area (Å²) in [6, 6.07) is 13.2. The van der Waals surface area contributed by atoms with Crippen molar-refractivity contribution in [2.24, 2.45) is 0 Å². The molecule has 2 aromatic rings. The fraction of sp³-hybridized carbons (Fsp3) is 0.400. The molecule has 0 saturated carbocycles. The van der Waals surface area contributed by atoms with Crippen molar-refractivity contribution in [1.82, 2.24) is 0 Å². The second-order valence-electron chi connectivity index (χ2n) is 7.31. The molecule has 0 N–H and O–H groups in total. The highest BCUT2D eigenvalue weighted by molar-refractivity contribution is 5.53. The van der Waals surface area contributed by atoms with E-state index in [0.29, 0.717) is 6.73 Å². The number of hydrogen-bond acceptors (Lipinski definition) is 2. The van der Waals surface area contributed by atoms with Gasteiger partial charge in [-0.05, 0) is 60.2 Å². The molecule has 2 heteroatoms. The predicted molar refractivity (Wildman–Crippen MR) is 92.7 cm³/mol. The number of ether oxygens (including phenoxy) is 1. The standard InChI is InChI=1S/C20H25NO/c1-14-6-8-18(10-15(14)2)21-12-16-11-17(20(3,4)5)7-9-19(16)22-13-21/h6-11H,12-13H2,1-5H3. The molecule has 0 spiro atoms. The highest BCUT2D eigenvalue weighted by Gasteiger charge is 2.21. The smallest absolute Gasteiger partial charge is 0.161 e. The highest BCUT2D eigenvalue weighted by atomic mass is 16.5. The summed E-state index contributed by atoms with van der Waals surface area (Å²) in [4.78, 5) is 2.29. The third-order valence-electron chi connectivity index (χ3n) is 4.52. The van der Waals surface area contributed by atoms with Crippen molar-refractivity contribution in [3.05, 3.63) is 58.7 Å². The summed E-state index contributed by atoms with van der Waals surface area (Å²) in [5.74, 6) is 1.02. The van der Waals surface area contributed by atoms with Crippen molar-refractivity contribution in [1.29, 1.82) is 0 Å². The van der Waals surface area contributed by atoms with E-state index in [1.807, 2.05) is 0 Å². The van der Waals surface area contributed by atoms with Crippen molar-refractivity contribution in [3.8, 4) is 5.75 Å². The number of anilines is 1. The van der Waals surface area contributed by atoms with Gasteiger partial charge in [-0.25, -0.2) is 0 Å². The topological polar surface area (TPSA) is 12.5 Å². The maximum absolute atomic E-state index is 5.95. The molecule has 0 atom stereocenters. The number of benzene rings is 2. The van der Waals surface area contributed by atoms with Crippen LogP contribution < -0.4 is 9.64 Å². The average Bonchev–Trinajstić information content (AvgIpc) is 2.48. The molecular weight excluding hydrogens is 270 g/mol. The van der Waals surface area contributed by atoms with Crippen molar-refractivity contribution >= 4 is 5.69 Å². The van der Waals surface area contributed by atoms with Crippen LogP contribution in [0, 0.1) is 13.8 Å². The van der Waals surface area contributed by atoms with Gasteiger partial charge in [0.1, 0.15) is 5.75 Å². The number of nitrogens with zero attached hydrogens (tertiary/aromatic N) is 1. The number of aryl methyl sites for hydroxylation is 2. The first-order chi connectivity index (χ1) is 10.3. The highest BCUT2D eigenvalue weighted by Crippen LogP contribution is 2.33. The molecule has 3 rings (SSSR count). The van der Waals surface area contributed by atoms with Gasteiger partial charge < -0.3 is 9.64 Å². The van der Waals surface area contributed by atoms with Gasteiger partial charge in [0.2, 0.25) is 0 Å². The van der Waals surface area contributed by atoms with Crippen LogP contribution in [-0.4, -0.2) is 6.73 Å². The van der Waals surface area contributed by atoms with Gasteiger partial charge in [-0.2, -0.15) is 0 Å². The Morgan fingerprint density at radius 2 is 1.73 bits per heavy atom. The Kier molecular flexibility index (Phi) is 3.64. The molecule has 1 heterocycles. The molecule has 0 aliphatic carbocycles. The molecular formula is C20H25NO. The Balaban J connectivity index is 1.90. The Morgan fingerprint density at radius 1 is 0.955 bits per heavy atom. The van der Waals surface area contributed by atoms with E-state index >= 15 is 0 Å². The van der Waals surface area contributed by atoms with Gasteiger partial charge in [0, 0.05) is 17.8 Å². The summed E-state index contributed by atoms with van der Waals surface area (Å²) in [7, 11) is 0. The summed E-state index contributed by atoms with van der Waals surface area (Å²) >= 11 is 0. The maximum Gasteiger partial charge on any atom is 0.161 e. The fourth-order valence-electron chi connectivity index (χ4n) is 2.80. The van der Waals surface area contributed by atoms with Crippen LogP contribution in [0.5, 0.6) is 5.75 Å². The summed E-state index contributed by atoms with van der Waals surface area (Å²) in [5, 5.41) is 0. The first kappa shape index (κ1) is 15.0. The second-order valence-corrected chi connectivity index (χ2v) is 7.31. The van der Waals surface area contributed by atoms with Crippen LogP contribution in [0.2, 0.25) is 0 Å². The SMILES string of the molecule is Cc1ccc(N2COc3ccc(C(C)(C)C)cc3C2)cc1C. The van der Waals surface area contributed by atoms with Gasteiger partial charge in [0.15, 0.2) is 6.73 Å². The lowest BCUT2D eigenvalue weighted by molar-refractivity contribution is 0.289. The number of hydrogen-bond donors (Lipinski definition) is 0. The van der Waals surface area contributed by atoms with Gasteiger partial charge >= 0.3 is 0 Å². The molecule has 116 valence electrons. The molecule has 2 aromatic carbocycles. The molecule has 0 radical (unpaired) electrons. The van der Waals surface area contributed by atoms with Crippen LogP contribution in [0.3, 0.4) is 0 Å². The molecule has 1 aliphatic heterocycles. The van der Waals surface area contributed by atoms with Crippen molar-refractivity contribution in [2.45, 2.75) is 46.6 Å². The Morgan fingerprint density at radius 3 is 2.41 bits per heavy atom. The van der Waals surface area contributed by atoms with E-state index < -0.39 is 0 Å². The Bertz CT molecular complexity index is 697. The average molecular weight is 295 g/mol. The summed E-state index contributed by atoms with van der Waals surface area (Å²) < 4.78 is 5.95. The van der Waals surface area contributed by atoms with Crippen LogP contribution in [0.25, 0.3) is 0 Å². The van der Waals surface area contributed by atoms with Crippen molar-refractivity contribution in [2.75, 3.05) is 11.6 Å². The van der Waals surface area contributed by atoms with E-state index in [2.05, 4.69) is 75.9 Å². The lowest BCUT2D eigenvalue weighted by Gasteiger charge is -2.32. The van der Waals surface area contributed by atoms with Crippen molar-refractivity contribution in [3.63, 3.8) is 0 Å². The Labute approximate surface area is 133 Å². The zero-order valence-corrected chi connectivity index (χ0v) is 14.2. The van der Waals surface area contributed by atoms with Gasteiger partial charge in [0.05, 0.1) is 0 Å². The lowest BCUT2D eigenvalue weighted by atomic mass is 9.86. The fourth-order valence-corrected chi connectivity index (χ4v) is 2.80. The van der Waals surface area contributed by atoms with E-state index in [-0.39, 0.29) is 5.41 Å². The predicted octanol–water partition coefficient (Wildman–Crippen LogP) is 4.96. The molecule has 0 unspecified atom stereocenters. The molecule has 22 heavy (non-hydrogen) atoms. The minimum atomic E-state index is 0.164. The minimum Gasteiger partial charge on any atom is -0.473 e. The van der Waals surface area contributed by atoms with Gasteiger partial charge in [-0.1, -0.05) is 32.9 Å². The van der Waals surface area contributed by atoms with Gasteiger partial charge in [-0.3, -0.25) is 0 Å². The van der Waals surface area contributed by atoms with Crippen LogP contribution >= 0.6 is 0 Å². The van der Waals surface area contributed by atoms with E-state index in [1.165, 1.54) is 27.9 Å². The molecule has 1 aliphatic rings. The second kappa shape index (κ2) is 5.35. The van der Waals surface area contributed by atoms with E-state index in [4.69, 9.17) is 4.74 Å². The lowest BCUT2D eigenvalue weighted by Crippen LogP contribution is -2.32. The normalized spacial score (nSPS) is 14.5. The first-order valence-corrected chi connectivity index (χ1v) is 7.93. The van der Waals surface area contributed by atoms with E-state index in [0.717, 1.165) is 12.3 Å². The third-order valence-corrected chi connectivity index (χ3v) is 4.52. The Hall–Kier alpha value is -1.96. The quantitative estimate of drug-likeness (QED) is 0.737. The van der Waals surface area contributed by atoms with Crippen molar-refractivity contribution < 1.29 is 4.74 Å². The van der Waals surface area contributed by atoms with Crippen LogP contribution in [0.4, 0.5) is 5.69 Å². The van der Waals surface area contributed by atoms with Crippen LogP contribution in [-0.2, 0) is 12.0 Å². The first-order valence-electron chi connectivity index (χ1n) is 7.93. The van der Waals surface area contributed by atoms with E-state index in [9.17, 15) is 0 Å². The summed E-state index contributed by atoms with van der Waals surface area (Å²) in [6.07, 6.45) is 0. The summed E-state index contributed by atoms with van der Waals surface area (Å²) in [6.45, 7) is 12.6. The third kappa shape index (κ3) is 2.83. The van der Waals surface area contributed by atoms with Gasteiger partial charge in [0.25, 0.3) is 0 Å². The molecule has 2 nitrogen and oxygen atoms in total.